The van der Waals surface area contributed by atoms with Gasteiger partial charge < -0.3 is 15.4 Å². The highest BCUT2D eigenvalue weighted by molar-refractivity contribution is 7.15. The quantitative estimate of drug-likeness (QED) is 0.614. The third kappa shape index (κ3) is 4.52. The topological polar surface area (TPSA) is 50.4 Å². The molecule has 1 aliphatic rings. The summed E-state index contributed by atoms with van der Waals surface area (Å²) in [6.45, 7) is 7.79. The second kappa shape index (κ2) is 8.39. The summed E-state index contributed by atoms with van der Waals surface area (Å²) in [5.74, 6) is 0.666. The van der Waals surface area contributed by atoms with Gasteiger partial charge in [0.05, 0.1) is 6.04 Å². The Morgan fingerprint density at radius 3 is 2.66 bits per heavy atom. The number of carbonyl (C=O) groups is 1. The molecule has 1 unspecified atom stereocenters. The molecule has 0 saturated carbocycles. The van der Waals surface area contributed by atoms with Crippen molar-refractivity contribution in [1.82, 2.24) is 10.6 Å². The molecule has 2 heterocycles. The van der Waals surface area contributed by atoms with Crippen molar-refractivity contribution < 1.29 is 9.53 Å². The Labute approximate surface area is 175 Å². The number of benzene rings is 2. The minimum Gasteiger partial charge on any atom is -0.488 e. The summed E-state index contributed by atoms with van der Waals surface area (Å²) in [5.41, 5.74) is 3.87. The van der Waals surface area contributed by atoms with Gasteiger partial charge in [-0.2, -0.15) is 0 Å². The number of carbonyl (C=O) groups excluding carboxylic acids is 1. The standard InChI is InChI=1S/C24H26N2O2S/c1-15-7-9-20(28-21-13-25-14-21)12-22(15)24(27)26-17(3)18-5-4-6-19(11-18)23-10-8-16(2)29-23/h4-12,17,21,25H,13-14H2,1-3H3,(H,26,27). The van der Waals surface area contributed by atoms with Crippen molar-refractivity contribution >= 4 is 17.2 Å². The number of hydrogen-bond donors (Lipinski definition) is 2. The zero-order valence-corrected chi connectivity index (χ0v) is 17.8. The number of ether oxygens (including phenoxy) is 1. The Morgan fingerprint density at radius 1 is 1.14 bits per heavy atom. The van der Waals surface area contributed by atoms with E-state index in [9.17, 15) is 4.79 Å². The first-order valence-electron chi connectivity index (χ1n) is 9.95. The number of aryl methyl sites for hydroxylation is 2. The van der Waals surface area contributed by atoms with Crippen LogP contribution in [0.5, 0.6) is 5.75 Å². The van der Waals surface area contributed by atoms with E-state index in [-0.39, 0.29) is 18.1 Å². The molecule has 1 atom stereocenters. The highest BCUT2D eigenvalue weighted by Gasteiger charge is 2.20. The van der Waals surface area contributed by atoms with Crippen LogP contribution in [0.25, 0.3) is 10.4 Å². The monoisotopic (exact) mass is 406 g/mol. The highest BCUT2D eigenvalue weighted by atomic mass is 32.1. The van der Waals surface area contributed by atoms with Crippen LogP contribution in [-0.2, 0) is 0 Å². The molecule has 2 N–H and O–H groups in total. The average Bonchev–Trinajstić information content (AvgIpc) is 3.12. The predicted octanol–water partition coefficient (Wildman–Crippen LogP) is 4.87. The van der Waals surface area contributed by atoms with Gasteiger partial charge in [0.2, 0.25) is 0 Å². The van der Waals surface area contributed by atoms with Gasteiger partial charge in [-0.25, -0.2) is 0 Å². The number of rotatable bonds is 6. The summed E-state index contributed by atoms with van der Waals surface area (Å²) in [4.78, 5) is 15.5. The molecule has 4 nitrogen and oxygen atoms in total. The molecule has 1 aliphatic heterocycles. The lowest BCUT2D eigenvalue weighted by Crippen LogP contribution is -2.50. The van der Waals surface area contributed by atoms with Gasteiger partial charge in [-0.1, -0.05) is 24.3 Å². The van der Waals surface area contributed by atoms with Crippen molar-refractivity contribution in [2.24, 2.45) is 0 Å². The fourth-order valence-electron chi connectivity index (χ4n) is 3.37. The summed E-state index contributed by atoms with van der Waals surface area (Å²) in [5, 5.41) is 6.33. The molecule has 1 aromatic heterocycles. The van der Waals surface area contributed by atoms with E-state index >= 15 is 0 Å². The Kier molecular flexibility index (Phi) is 5.69. The van der Waals surface area contributed by atoms with Crippen LogP contribution in [0.3, 0.4) is 0 Å². The normalized spacial score (nSPS) is 14.9. The van der Waals surface area contributed by atoms with Crippen LogP contribution in [0, 0.1) is 13.8 Å². The van der Waals surface area contributed by atoms with E-state index in [1.54, 1.807) is 11.3 Å². The van der Waals surface area contributed by atoms with E-state index in [0.717, 1.165) is 30.0 Å². The molecule has 5 heteroatoms. The van der Waals surface area contributed by atoms with Crippen LogP contribution in [0.2, 0.25) is 0 Å². The van der Waals surface area contributed by atoms with Gasteiger partial charge in [-0.3, -0.25) is 4.79 Å². The van der Waals surface area contributed by atoms with Gasteiger partial charge >= 0.3 is 0 Å². The summed E-state index contributed by atoms with van der Waals surface area (Å²) < 4.78 is 5.91. The van der Waals surface area contributed by atoms with E-state index < -0.39 is 0 Å². The molecule has 1 saturated heterocycles. The molecule has 0 radical (unpaired) electrons. The Hall–Kier alpha value is -2.63. The molecule has 3 aromatic rings. The predicted molar refractivity (Wildman–Crippen MR) is 119 cm³/mol. The minimum absolute atomic E-state index is 0.0791. The minimum atomic E-state index is -0.0942. The second-order valence-corrected chi connectivity index (χ2v) is 8.89. The van der Waals surface area contributed by atoms with Crippen molar-refractivity contribution in [3.63, 3.8) is 0 Å². The lowest BCUT2D eigenvalue weighted by Gasteiger charge is -2.28. The fourth-order valence-corrected chi connectivity index (χ4v) is 4.23. The van der Waals surface area contributed by atoms with Crippen molar-refractivity contribution in [1.29, 1.82) is 0 Å². The Morgan fingerprint density at radius 2 is 1.97 bits per heavy atom. The molecule has 2 aromatic carbocycles. The molecular weight excluding hydrogens is 380 g/mol. The van der Waals surface area contributed by atoms with E-state index in [4.69, 9.17) is 4.74 Å². The summed E-state index contributed by atoms with van der Waals surface area (Å²) in [6, 6.07) is 18.3. The van der Waals surface area contributed by atoms with Gasteiger partial charge in [0.1, 0.15) is 11.9 Å². The SMILES string of the molecule is Cc1ccc(-c2cccc(C(C)NC(=O)c3cc(OC4CNC4)ccc3C)c2)s1. The molecule has 0 spiro atoms. The van der Waals surface area contributed by atoms with Crippen LogP contribution in [0.1, 0.15) is 39.3 Å². The third-order valence-corrected chi connectivity index (χ3v) is 6.31. The molecule has 0 bridgehead atoms. The van der Waals surface area contributed by atoms with Gasteiger partial charge in [0.25, 0.3) is 5.91 Å². The summed E-state index contributed by atoms with van der Waals surface area (Å²) in [7, 11) is 0. The average molecular weight is 407 g/mol. The van der Waals surface area contributed by atoms with Crippen LogP contribution in [0.15, 0.2) is 54.6 Å². The van der Waals surface area contributed by atoms with E-state index in [1.165, 1.54) is 15.3 Å². The number of hydrogen-bond acceptors (Lipinski definition) is 4. The molecule has 1 fully saturated rings. The largest absolute Gasteiger partial charge is 0.488 e. The Bertz CT molecular complexity index is 1020. The lowest BCUT2D eigenvalue weighted by atomic mass is 10.0. The molecule has 4 rings (SSSR count). The zero-order valence-electron chi connectivity index (χ0n) is 17.0. The lowest BCUT2D eigenvalue weighted by molar-refractivity contribution is 0.0937. The maximum absolute atomic E-state index is 13.0. The molecular formula is C24H26N2O2S. The first-order valence-corrected chi connectivity index (χ1v) is 10.8. The first kappa shape index (κ1) is 19.7. The van der Waals surface area contributed by atoms with Crippen molar-refractivity contribution in [2.45, 2.75) is 32.9 Å². The molecule has 0 aliphatic carbocycles. The van der Waals surface area contributed by atoms with Crippen LogP contribution in [-0.4, -0.2) is 25.1 Å². The van der Waals surface area contributed by atoms with Crippen LogP contribution >= 0.6 is 11.3 Å². The molecule has 29 heavy (non-hydrogen) atoms. The first-order chi connectivity index (χ1) is 14.0. The highest BCUT2D eigenvalue weighted by Crippen LogP contribution is 2.29. The van der Waals surface area contributed by atoms with E-state index in [2.05, 4.69) is 54.0 Å². The third-order valence-electron chi connectivity index (χ3n) is 5.26. The summed E-state index contributed by atoms with van der Waals surface area (Å²) in [6.07, 6.45) is 0.191. The number of nitrogens with one attached hydrogen (secondary N) is 2. The van der Waals surface area contributed by atoms with Gasteiger partial charge in [0.15, 0.2) is 0 Å². The van der Waals surface area contributed by atoms with Crippen molar-refractivity contribution in [3.8, 4) is 16.2 Å². The van der Waals surface area contributed by atoms with Gasteiger partial charge in [-0.15, -0.1) is 11.3 Å². The molecule has 150 valence electrons. The van der Waals surface area contributed by atoms with Crippen molar-refractivity contribution in [2.75, 3.05) is 13.1 Å². The van der Waals surface area contributed by atoms with Gasteiger partial charge in [-0.05, 0) is 67.8 Å². The van der Waals surface area contributed by atoms with Gasteiger partial charge in [0, 0.05) is 28.4 Å². The summed E-state index contributed by atoms with van der Waals surface area (Å²) >= 11 is 1.78. The maximum atomic E-state index is 13.0. The number of amides is 1. The fraction of sp³-hybridized carbons (Fsp3) is 0.292. The maximum Gasteiger partial charge on any atom is 0.252 e. The molecule has 1 amide bonds. The smallest absolute Gasteiger partial charge is 0.252 e. The Balaban J connectivity index is 1.49. The van der Waals surface area contributed by atoms with Crippen molar-refractivity contribution in [3.05, 3.63) is 76.2 Å². The zero-order chi connectivity index (χ0) is 20.4. The number of thiophene rings is 1. The van der Waals surface area contributed by atoms with E-state index in [1.807, 2.05) is 32.0 Å². The second-order valence-electron chi connectivity index (χ2n) is 7.61. The van der Waals surface area contributed by atoms with Crippen LogP contribution < -0.4 is 15.4 Å². The van der Waals surface area contributed by atoms with Crippen LogP contribution in [0.4, 0.5) is 0 Å². The van der Waals surface area contributed by atoms with E-state index in [0.29, 0.717) is 5.56 Å².